The van der Waals surface area contributed by atoms with E-state index in [1.165, 1.54) is 17.9 Å². The summed E-state index contributed by atoms with van der Waals surface area (Å²) in [5, 5.41) is 8.91. The number of aliphatic hydroxyl groups excluding tert-OH is 1. The largest absolute Gasteiger partial charge is 0.450 e. The first-order valence-corrected chi connectivity index (χ1v) is 6.65. The van der Waals surface area contributed by atoms with Crippen molar-refractivity contribution in [2.45, 2.75) is 40.0 Å². The van der Waals surface area contributed by atoms with Crippen LogP contribution < -0.4 is 11.2 Å². The molecular weight excluding hydrogens is 276 g/mol. The minimum absolute atomic E-state index is 0.0913. The summed E-state index contributed by atoms with van der Waals surface area (Å²) in [6.45, 7) is 7.12. The van der Waals surface area contributed by atoms with Gasteiger partial charge in [0, 0.05) is 6.20 Å². The first kappa shape index (κ1) is 19.0. The van der Waals surface area contributed by atoms with Crippen LogP contribution in [0.5, 0.6) is 0 Å². The monoisotopic (exact) mass is 298 g/mol. The molecule has 0 spiro atoms. The molecule has 0 amide bonds. The summed E-state index contributed by atoms with van der Waals surface area (Å²) in [7, 11) is 1.37. The molecule has 1 rings (SSSR count). The number of hydrogen-bond donors (Lipinski definition) is 2. The normalized spacial score (nSPS) is 12.3. The van der Waals surface area contributed by atoms with Gasteiger partial charge in [-0.2, -0.15) is 0 Å². The predicted molar refractivity (Wildman–Crippen MR) is 78.9 cm³/mol. The zero-order chi connectivity index (χ0) is 16.4. The molecule has 0 bridgehead atoms. The van der Waals surface area contributed by atoms with Crippen LogP contribution in [-0.4, -0.2) is 34.5 Å². The van der Waals surface area contributed by atoms with E-state index in [0.29, 0.717) is 0 Å². The second kappa shape index (κ2) is 9.80. The van der Waals surface area contributed by atoms with Crippen molar-refractivity contribution < 1.29 is 14.6 Å². The molecule has 0 radical (unpaired) electrons. The van der Waals surface area contributed by atoms with E-state index in [0.717, 1.165) is 0 Å². The Morgan fingerprint density at radius 2 is 2.00 bits per heavy atom. The van der Waals surface area contributed by atoms with E-state index in [1.54, 1.807) is 13.8 Å². The average Bonchev–Trinajstić information content (AvgIpc) is 2.48. The van der Waals surface area contributed by atoms with Crippen molar-refractivity contribution in [3.63, 3.8) is 0 Å². The molecule has 0 aliphatic heterocycles. The van der Waals surface area contributed by atoms with Crippen molar-refractivity contribution in [2.75, 3.05) is 13.7 Å². The van der Waals surface area contributed by atoms with Gasteiger partial charge in [0.15, 0.2) is 0 Å². The van der Waals surface area contributed by atoms with Crippen LogP contribution in [0.2, 0.25) is 0 Å². The molecule has 2 N–H and O–H groups in total. The van der Waals surface area contributed by atoms with Crippen LogP contribution in [0.3, 0.4) is 0 Å². The third kappa shape index (κ3) is 5.85. The highest BCUT2D eigenvalue weighted by Gasteiger charge is 2.12. The van der Waals surface area contributed by atoms with E-state index in [1.807, 2.05) is 13.8 Å². The van der Waals surface area contributed by atoms with Crippen LogP contribution in [0, 0.1) is 12.0 Å². The highest BCUT2D eigenvalue weighted by Crippen LogP contribution is 2.07. The molecular formula is C14H22N2O5. The average molecular weight is 298 g/mol. The van der Waals surface area contributed by atoms with E-state index >= 15 is 0 Å². The first-order valence-electron chi connectivity index (χ1n) is 6.65. The van der Waals surface area contributed by atoms with E-state index in [4.69, 9.17) is 9.84 Å². The van der Waals surface area contributed by atoms with Gasteiger partial charge in [-0.3, -0.25) is 14.3 Å². The summed E-state index contributed by atoms with van der Waals surface area (Å²) in [6.07, 6.45) is 2.50. The van der Waals surface area contributed by atoms with Crippen molar-refractivity contribution in [2.24, 2.45) is 0 Å². The lowest BCUT2D eigenvalue weighted by Gasteiger charge is -2.19. The van der Waals surface area contributed by atoms with Crippen LogP contribution >= 0.6 is 0 Å². The number of aromatic nitrogens is 2. The standard InChI is InChI=1S/C12H16N2O5.C2H6/c1-8(7-15)19-9(2)14-6-10(4-5-18-3)11(16)13-12(14)17;1-2/h6,8-9,15H,7H2,1-3H3,(H,13,16,17);1-2H3. The highest BCUT2D eigenvalue weighted by molar-refractivity contribution is 5.27. The quantitative estimate of drug-likeness (QED) is 0.786. The van der Waals surface area contributed by atoms with Crippen LogP contribution in [-0.2, 0) is 9.47 Å². The van der Waals surface area contributed by atoms with Crippen LogP contribution in [0.25, 0.3) is 0 Å². The van der Waals surface area contributed by atoms with Gasteiger partial charge >= 0.3 is 5.69 Å². The molecule has 0 saturated carbocycles. The second-order valence-electron chi connectivity index (χ2n) is 3.87. The summed E-state index contributed by atoms with van der Waals surface area (Å²) in [5.41, 5.74) is -1.10. The maximum absolute atomic E-state index is 11.7. The van der Waals surface area contributed by atoms with Gasteiger partial charge in [0.25, 0.3) is 5.56 Å². The Labute approximate surface area is 123 Å². The number of H-pyrrole nitrogens is 1. The topological polar surface area (TPSA) is 93.6 Å². The minimum Gasteiger partial charge on any atom is -0.450 e. The van der Waals surface area contributed by atoms with Gasteiger partial charge in [-0.15, -0.1) is 0 Å². The zero-order valence-corrected chi connectivity index (χ0v) is 13.0. The lowest BCUT2D eigenvalue weighted by molar-refractivity contribution is -0.0580. The molecule has 2 atom stereocenters. The Kier molecular flexibility index (Phi) is 8.85. The van der Waals surface area contributed by atoms with Gasteiger partial charge in [-0.25, -0.2) is 4.79 Å². The maximum Gasteiger partial charge on any atom is 0.330 e. The second-order valence-corrected chi connectivity index (χ2v) is 3.87. The summed E-state index contributed by atoms with van der Waals surface area (Å²) in [5.74, 6) is 2.47. The van der Waals surface area contributed by atoms with Crippen molar-refractivity contribution in [3.8, 4) is 12.0 Å². The zero-order valence-electron chi connectivity index (χ0n) is 13.0. The predicted octanol–water partition coefficient (Wildman–Crippen LogP) is 0.434. The number of methoxy groups -OCH3 is 1. The maximum atomic E-state index is 11.7. The third-order valence-electron chi connectivity index (χ3n) is 2.33. The lowest BCUT2D eigenvalue weighted by atomic mass is 10.3. The molecule has 7 nitrogen and oxygen atoms in total. The van der Waals surface area contributed by atoms with Gasteiger partial charge in [0.1, 0.15) is 17.9 Å². The van der Waals surface area contributed by atoms with E-state index < -0.39 is 23.6 Å². The summed E-state index contributed by atoms with van der Waals surface area (Å²) < 4.78 is 11.1. The van der Waals surface area contributed by atoms with Crippen molar-refractivity contribution in [1.29, 1.82) is 0 Å². The van der Waals surface area contributed by atoms with Crippen molar-refractivity contribution >= 4 is 0 Å². The molecule has 1 aromatic rings. The summed E-state index contributed by atoms with van der Waals surface area (Å²) >= 11 is 0. The fourth-order valence-corrected chi connectivity index (χ4v) is 1.40. The van der Waals surface area contributed by atoms with Crippen LogP contribution in [0.4, 0.5) is 0 Å². The SMILES string of the molecule is CC.COC#Cc1cn(C(C)OC(C)CO)c(=O)[nH]c1=O. The molecule has 0 aliphatic carbocycles. The molecule has 1 heterocycles. The molecule has 7 heteroatoms. The van der Waals surface area contributed by atoms with Crippen molar-refractivity contribution in [3.05, 3.63) is 32.6 Å². The first-order chi connectivity index (χ1) is 9.99. The van der Waals surface area contributed by atoms with Gasteiger partial charge in [-0.05, 0) is 19.8 Å². The Morgan fingerprint density at radius 1 is 1.38 bits per heavy atom. The fraction of sp³-hybridized carbons (Fsp3) is 0.571. The molecule has 0 aliphatic rings. The molecule has 0 aromatic carbocycles. The number of aliphatic hydroxyl groups is 1. The fourth-order valence-electron chi connectivity index (χ4n) is 1.40. The summed E-state index contributed by atoms with van der Waals surface area (Å²) in [6, 6.07) is 0. The molecule has 0 fully saturated rings. The molecule has 0 saturated heterocycles. The Hall–Kier alpha value is -2.04. The summed E-state index contributed by atoms with van der Waals surface area (Å²) in [4.78, 5) is 25.3. The molecule has 2 unspecified atom stereocenters. The highest BCUT2D eigenvalue weighted by atomic mass is 16.5. The minimum atomic E-state index is -0.644. The Bertz CT molecular complexity index is 594. The number of aromatic amines is 1. The van der Waals surface area contributed by atoms with Gasteiger partial charge in [0.05, 0.1) is 19.8 Å². The van der Waals surface area contributed by atoms with Gasteiger partial charge < -0.3 is 14.6 Å². The van der Waals surface area contributed by atoms with Gasteiger partial charge in [-0.1, -0.05) is 13.8 Å². The Morgan fingerprint density at radius 3 is 2.52 bits per heavy atom. The number of hydrogen-bond acceptors (Lipinski definition) is 5. The van der Waals surface area contributed by atoms with Crippen LogP contribution in [0.15, 0.2) is 15.8 Å². The third-order valence-corrected chi connectivity index (χ3v) is 2.33. The number of nitrogens with one attached hydrogen (secondary N) is 1. The van der Waals surface area contributed by atoms with Crippen molar-refractivity contribution in [1.82, 2.24) is 9.55 Å². The molecule has 118 valence electrons. The number of nitrogens with zero attached hydrogens (tertiary/aromatic N) is 1. The Balaban J connectivity index is 0.00000191. The molecule has 1 aromatic heterocycles. The van der Waals surface area contributed by atoms with E-state index in [9.17, 15) is 9.59 Å². The number of rotatable bonds is 4. The number of ether oxygens (including phenoxy) is 2. The van der Waals surface area contributed by atoms with Gasteiger partial charge in [0.2, 0.25) is 0 Å². The lowest BCUT2D eigenvalue weighted by Crippen LogP contribution is -2.34. The van der Waals surface area contributed by atoms with E-state index in [2.05, 4.69) is 21.7 Å². The molecule has 21 heavy (non-hydrogen) atoms. The van der Waals surface area contributed by atoms with Crippen LogP contribution in [0.1, 0.15) is 39.5 Å². The smallest absolute Gasteiger partial charge is 0.330 e. The van der Waals surface area contributed by atoms with E-state index in [-0.39, 0.29) is 12.2 Å².